The van der Waals surface area contributed by atoms with Crippen molar-refractivity contribution in [2.75, 3.05) is 33.5 Å². The number of aliphatic imine (C=N–C) groups is 1. The fourth-order valence-corrected chi connectivity index (χ4v) is 12.6. The van der Waals surface area contributed by atoms with E-state index in [0.29, 0.717) is 6.42 Å². The van der Waals surface area contributed by atoms with E-state index in [2.05, 4.69) is 71.8 Å². The van der Waals surface area contributed by atoms with Gasteiger partial charge in [0.05, 0.1) is 36.5 Å². The van der Waals surface area contributed by atoms with E-state index in [0.717, 1.165) is 10.4 Å². The summed E-state index contributed by atoms with van der Waals surface area (Å²) in [6, 6.07) is 20.6. The Kier molecular flexibility index (Phi) is 13.6. The van der Waals surface area contributed by atoms with Gasteiger partial charge in [-0.25, -0.2) is 4.99 Å². The second kappa shape index (κ2) is 17.8. The molecule has 1 aliphatic rings. The molecule has 1 amide bonds. The molecule has 1 aliphatic heterocycles. The van der Waals surface area contributed by atoms with E-state index in [1.165, 1.54) is 6.34 Å². The summed E-state index contributed by atoms with van der Waals surface area (Å²) >= 11 is 0. The summed E-state index contributed by atoms with van der Waals surface area (Å²) in [6.45, 7) is 8.18. The number of hydrogen-bond acceptors (Lipinski definition) is 9. The third-order valence-corrected chi connectivity index (χ3v) is 15.8. The lowest BCUT2D eigenvalue weighted by atomic mass is 10.2. The van der Waals surface area contributed by atoms with Crippen LogP contribution in [0.3, 0.4) is 0 Å². The van der Waals surface area contributed by atoms with Crippen LogP contribution in [0.4, 0.5) is 19.1 Å². The van der Waals surface area contributed by atoms with Crippen molar-refractivity contribution in [1.29, 1.82) is 0 Å². The molecule has 294 valence electrons. The van der Waals surface area contributed by atoms with Crippen LogP contribution in [-0.4, -0.2) is 97.3 Å². The molecule has 3 heterocycles. The Labute approximate surface area is 327 Å². The number of benzene rings is 2. The molecule has 2 N–H and O–H groups in total. The van der Waals surface area contributed by atoms with Gasteiger partial charge in [0, 0.05) is 26.7 Å². The maximum atomic E-state index is 13.5. The van der Waals surface area contributed by atoms with Gasteiger partial charge in [0.25, 0.3) is 13.9 Å². The van der Waals surface area contributed by atoms with E-state index in [1.54, 1.807) is 56.7 Å². The maximum absolute atomic E-state index is 13.5. The van der Waals surface area contributed by atoms with Crippen LogP contribution in [0.1, 0.15) is 45.9 Å². The Balaban J connectivity index is 1.56. The number of rotatable bonds is 13. The van der Waals surface area contributed by atoms with Crippen molar-refractivity contribution in [3.63, 3.8) is 0 Å². The molecule has 17 heteroatoms. The number of aromatic amines is 1. The van der Waals surface area contributed by atoms with E-state index in [1.807, 2.05) is 49.6 Å². The number of hydrogen-bond donors (Lipinski definition) is 2. The van der Waals surface area contributed by atoms with Gasteiger partial charge in [-0.15, -0.1) is 0 Å². The number of H-pyrrole nitrogens is 1. The van der Waals surface area contributed by atoms with Crippen molar-refractivity contribution in [1.82, 2.24) is 24.8 Å². The second-order valence-electron chi connectivity index (χ2n) is 14.1. The monoisotopic (exact) mass is 814 g/mol. The molecule has 55 heavy (non-hydrogen) atoms. The number of ether oxygens (including phenoxy) is 2. The molecule has 5 rings (SSSR count). The first kappa shape index (κ1) is 42.1. The first-order chi connectivity index (χ1) is 26.0. The van der Waals surface area contributed by atoms with Crippen molar-refractivity contribution < 1.29 is 31.9 Å². The Bertz CT molecular complexity index is 2040. The van der Waals surface area contributed by atoms with Crippen molar-refractivity contribution in [2.24, 2.45) is 4.99 Å². The van der Waals surface area contributed by atoms with Gasteiger partial charge in [-0.1, -0.05) is 115 Å². The number of halogens is 3. The quantitative estimate of drug-likeness (QED) is 0.0445. The van der Waals surface area contributed by atoms with Gasteiger partial charge in [0.1, 0.15) is 17.8 Å². The number of aromatic nitrogens is 3. The predicted molar refractivity (Wildman–Crippen MR) is 216 cm³/mol. The summed E-state index contributed by atoms with van der Waals surface area (Å²) in [4.78, 5) is 38.1. The van der Waals surface area contributed by atoms with Gasteiger partial charge in [-0.3, -0.25) is 14.6 Å². The van der Waals surface area contributed by atoms with Gasteiger partial charge < -0.3 is 28.7 Å². The minimum absolute atomic E-state index is 0.0323. The maximum Gasteiger partial charge on any atom is 0.471 e. The topological polar surface area (TPSA) is 123 Å². The fourth-order valence-electron chi connectivity index (χ4n) is 6.59. The lowest BCUT2D eigenvalue weighted by Crippen LogP contribution is -2.67. The first-order valence-corrected chi connectivity index (χ1v) is 22.0. The summed E-state index contributed by atoms with van der Waals surface area (Å²) < 4.78 is 60.6. The molecule has 0 spiro atoms. The number of carbonyl (C=O) groups is 1. The van der Waals surface area contributed by atoms with Gasteiger partial charge >= 0.3 is 12.1 Å². The minimum atomic E-state index is -5.05. The summed E-state index contributed by atoms with van der Waals surface area (Å²) in [6.07, 6.45) is -1.33. The van der Waals surface area contributed by atoms with Gasteiger partial charge in [0.15, 0.2) is 5.65 Å². The molecule has 1 saturated heterocycles. The molecule has 0 aliphatic carbocycles. The molecule has 1 fully saturated rings. The molecule has 4 atom stereocenters. The van der Waals surface area contributed by atoms with Crippen molar-refractivity contribution >= 4 is 69.5 Å². The number of nitrogens with one attached hydrogen (secondary N) is 2. The zero-order valence-corrected chi connectivity index (χ0v) is 34.3. The summed E-state index contributed by atoms with van der Waals surface area (Å²) in [5.74, 6) is 3.19. The fraction of sp³-hybridized carbons (Fsp3) is 0.421. The standard InChI is InChI=1S/C38H45F3N6O5S2Si/c1-25(54-53-7)51-29-21-31(52-30(29)23-50-55(37(2,3)4,27-16-10-8-11-17-27)28-18-12-9-13-19-28)47-22-26(15-14-20-42-35(49)38(39,40)41)32-33(47)44-36(45-34(32)48)43-24-46(5)6/h8-13,16-19,22,24-25,29-31H,20-21,23H2,1-7H3,(H,42,49)(H,44,45,48)/t25-,29?,30+,31+/m0/s1. The molecule has 0 radical (unpaired) electrons. The Hall–Kier alpha value is -4.05. The van der Waals surface area contributed by atoms with Crippen molar-refractivity contribution in [2.45, 2.75) is 69.2 Å². The van der Waals surface area contributed by atoms with E-state index >= 15 is 0 Å². The highest BCUT2D eigenvalue weighted by molar-refractivity contribution is 8.76. The van der Waals surface area contributed by atoms with Crippen LogP contribution in [0.2, 0.25) is 5.04 Å². The number of nitrogens with zero attached hydrogens (tertiary/aromatic N) is 4. The van der Waals surface area contributed by atoms with E-state index in [4.69, 9.17) is 13.9 Å². The lowest BCUT2D eigenvalue weighted by Gasteiger charge is -2.43. The molecular formula is C38H45F3N6O5S2Si. The molecular weight excluding hydrogens is 770 g/mol. The number of alkyl halides is 3. The zero-order valence-electron chi connectivity index (χ0n) is 31.6. The van der Waals surface area contributed by atoms with E-state index in [-0.39, 0.29) is 39.6 Å². The smallest absolute Gasteiger partial charge is 0.405 e. The lowest BCUT2D eigenvalue weighted by molar-refractivity contribution is -0.173. The average molecular weight is 815 g/mol. The van der Waals surface area contributed by atoms with Crippen LogP contribution >= 0.6 is 21.6 Å². The summed E-state index contributed by atoms with van der Waals surface area (Å²) in [5.41, 5.74) is -0.351. The van der Waals surface area contributed by atoms with Crippen molar-refractivity contribution in [3.05, 3.63) is 82.8 Å². The third-order valence-electron chi connectivity index (χ3n) is 8.87. The Morgan fingerprint density at radius 2 is 1.80 bits per heavy atom. The van der Waals surface area contributed by atoms with Crippen molar-refractivity contribution in [3.8, 4) is 11.8 Å². The largest absolute Gasteiger partial charge is 0.471 e. The number of fused-ring (bicyclic) bond motifs is 1. The minimum Gasteiger partial charge on any atom is -0.405 e. The van der Waals surface area contributed by atoms with Gasteiger partial charge in [-0.05, 0) is 28.6 Å². The van der Waals surface area contributed by atoms with Crippen LogP contribution in [0.5, 0.6) is 0 Å². The van der Waals surface area contributed by atoms with Gasteiger partial charge in [-0.2, -0.15) is 18.2 Å². The molecule has 2 aromatic heterocycles. The third kappa shape index (κ3) is 9.85. The summed E-state index contributed by atoms with van der Waals surface area (Å²) in [7, 11) is 3.74. The van der Waals surface area contributed by atoms with Crippen LogP contribution in [0, 0.1) is 11.8 Å². The Morgan fingerprint density at radius 3 is 2.36 bits per heavy atom. The molecule has 11 nitrogen and oxygen atoms in total. The highest BCUT2D eigenvalue weighted by Crippen LogP contribution is 2.40. The molecule has 1 unspecified atom stereocenters. The summed E-state index contributed by atoms with van der Waals surface area (Å²) in [5, 5.41) is 3.77. The Morgan fingerprint density at radius 1 is 1.16 bits per heavy atom. The second-order valence-corrected chi connectivity index (χ2v) is 21.1. The van der Waals surface area contributed by atoms with Gasteiger partial charge in [0.2, 0.25) is 5.95 Å². The van der Waals surface area contributed by atoms with Crippen LogP contribution in [-0.2, 0) is 18.7 Å². The number of amides is 1. The highest BCUT2D eigenvalue weighted by atomic mass is 33.1. The number of carbonyl (C=O) groups excluding carboxylic acids is 1. The normalized spacial score (nSPS) is 18.3. The average Bonchev–Trinajstić information content (AvgIpc) is 3.70. The molecule has 0 bridgehead atoms. The molecule has 2 aromatic carbocycles. The van der Waals surface area contributed by atoms with Crippen LogP contribution < -0.4 is 21.2 Å². The SMILES string of the molecule is CSS[C@@H](C)OC1C[C@H](n2cc(C#CCNC(=O)C(F)(F)F)c3c(=O)[nH]c(N=CN(C)C)nc32)O[C@@H]1CO[Si](c1ccccc1)(c1ccccc1)C(C)(C)C. The van der Waals surface area contributed by atoms with E-state index < -0.39 is 50.9 Å². The first-order valence-electron chi connectivity index (χ1n) is 17.5. The van der Waals surface area contributed by atoms with Crippen LogP contribution in [0.25, 0.3) is 11.0 Å². The zero-order chi connectivity index (χ0) is 40.0. The van der Waals surface area contributed by atoms with E-state index in [9.17, 15) is 22.8 Å². The predicted octanol–water partition coefficient (Wildman–Crippen LogP) is 5.58. The molecule has 0 saturated carbocycles. The molecule has 4 aromatic rings. The van der Waals surface area contributed by atoms with Crippen LogP contribution in [0.15, 0.2) is 76.6 Å². The highest BCUT2D eigenvalue weighted by Gasteiger charge is 2.51.